The summed E-state index contributed by atoms with van der Waals surface area (Å²) in [5.74, 6) is -0.434. The fourth-order valence-corrected chi connectivity index (χ4v) is 2.19. The lowest BCUT2D eigenvalue weighted by atomic mass is 10.2. The third-order valence-corrected chi connectivity index (χ3v) is 3.42. The Morgan fingerprint density at radius 2 is 2.10 bits per heavy atom. The molecule has 0 aliphatic rings. The van der Waals surface area contributed by atoms with Crippen molar-refractivity contribution in [2.45, 2.75) is 11.3 Å². The van der Waals surface area contributed by atoms with Crippen LogP contribution in [0.2, 0.25) is 0 Å². The maximum Gasteiger partial charge on any atom is 0.245 e. The van der Waals surface area contributed by atoms with Crippen LogP contribution in [-0.4, -0.2) is 43.0 Å². The Balaban J connectivity index is 2.38. The SMILES string of the molecule is CN(O)CCOCCC(=CSc1ccccc1)C(N)=O. The van der Waals surface area contributed by atoms with Crippen LogP contribution in [0.1, 0.15) is 6.42 Å². The summed E-state index contributed by atoms with van der Waals surface area (Å²) in [6, 6.07) is 9.75. The Labute approximate surface area is 123 Å². The van der Waals surface area contributed by atoms with Gasteiger partial charge in [0.25, 0.3) is 0 Å². The molecule has 0 unspecified atom stereocenters. The number of carbonyl (C=O) groups is 1. The summed E-state index contributed by atoms with van der Waals surface area (Å²) >= 11 is 1.46. The Hall–Kier alpha value is -1.34. The van der Waals surface area contributed by atoms with Gasteiger partial charge in [0.1, 0.15) is 0 Å². The highest BCUT2D eigenvalue weighted by Gasteiger charge is 2.05. The van der Waals surface area contributed by atoms with Gasteiger partial charge in [-0.3, -0.25) is 4.79 Å². The van der Waals surface area contributed by atoms with Crippen LogP contribution >= 0.6 is 11.8 Å². The third kappa shape index (κ3) is 7.30. The minimum absolute atomic E-state index is 0.401. The molecule has 0 aliphatic carbocycles. The minimum Gasteiger partial charge on any atom is -0.380 e. The van der Waals surface area contributed by atoms with Crippen molar-refractivity contribution in [2.75, 3.05) is 26.8 Å². The molecule has 0 atom stereocenters. The predicted molar refractivity (Wildman–Crippen MR) is 79.4 cm³/mol. The highest BCUT2D eigenvalue weighted by molar-refractivity contribution is 8.02. The number of ether oxygens (including phenoxy) is 1. The molecular weight excluding hydrogens is 276 g/mol. The first-order valence-corrected chi connectivity index (χ1v) is 7.16. The minimum atomic E-state index is -0.434. The second-order valence-corrected chi connectivity index (χ2v) is 5.12. The first-order chi connectivity index (χ1) is 9.59. The molecule has 0 bridgehead atoms. The fraction of sp³-hybridized carbons (Fsp3) is 0.357. The van der Waals surface area contributed by atoms with Crippen LogP contribution in [0.15, 0.2) is 46.2 Å². The monoisotopic (exact) mass is 296 g/mol. The lowest BCUT2D eigenvalue weighted by Gasteiger charge is -2.09. The average Bonchev–Trinajstić information content (AvgIpc) is 2.42. The molecule has 0 aromatic heterocycles. The molecule has 20 heavy (non-hydrogen) atoms. The second-order valence-electron chi connectivity index (χ2n) is 4.18. The molecule has 1 aromatic rings. The van der Waals surface area contributed by atoms with E-state index in [1.807, 2.05) is 30.3 Å². The van der Waals surface area contributed by atoms with Gasteiger partial charge in [-0.2, -0.15) is 5.06 Å². The normalized spacial score (nSPS) is 11.8. The van der Waals surface area contributed by atoms with Gasteiger partial charge in [0.2, 0.25) is 5.91 Å². The van der Waals surface area contributed by atoms with Crippen molar-refractivity contribution in [1.29, 1.82) is 0 Å². The highest BCUT2D eigenvalue weighted by atomic mass is 32.2. The van der Waals surface area contributed by atoms with Gasteiger partial charge in [-0.05, 0) is 17.5 Å². The summed E-state index contributed by atoms with van der Waals surface area (Å²) in [6.07, 6.45) is 0.463. The molecule has 0 heterocycles. The van der Waals surface area contributed by atoms with Crippen LogP contribution in [0.5, 0.6) is 0 Å². The first kappa shape index (κ1) is 16.7. The smallest absolute Gasteiger partial charge is 0.245 e. The molecule has 0 radical (unpaired) electrons. The Bertz CT molecular complexity index is 435. The van der Waals surface area contributed by atoms with Crippen LogP contribution in [0.3, 0.4) is 0 Å². The van der Waals surface area contributed by atoms with E-state index in [9.17, 15) is 4.79 Å². The summed E-state index contributed by atoms with van der Waals surface area (Å²) in [5.41, 5.74) is 5.88. The number of rotatable bonds is 9. The molecule has 0 saturated heterocycles. The summed E-state index contributed by atoms with van der Waals surface area (Å²) < 4.78 is 5.32. The number of nitrogens with zero attached hydrogens (tertiary/aromatic N) is 1. The maximum absolute atomic E-state index is 11.3. The Kier molecular flexibility index (Phi) is 7.98. The van der Waals surface area contributed by atoms with Crippen molar-refractivity contribution < 1.29 is 14.7 Å². The van der Waals surface area contributed by atoms with E-state index in [-0.39, 0.29) is 0 Å². The van der Waals surface area contributed by atoms with Crippen molar-refractivity contribution in [3.05, 3.63) is 41.3 Å². The molecule has 3 N–H and O–H groups in total. The number of likely N-dealkylation sites (N-methyl/N-ethyl adjacent to an activating group) is 1. The van der Waals surface area contributed by atoms with Gasteiger partial charge in [0, 0.05) is 30.5 Å². The van der Waals surface area contributed by atoms with Gasteiger partial charge < -0.3 is 15.7 Å². The lowest BCUT2D eigenvalue weighted by molar-refractivity contribution is -0.114. The summed E-state index contributed by atoms with van der Waals surface area (Å²) in [6.45, 7) is 1.23. The van der Waals surface area contributed by atoms with E-state index >= 15 is 0 Å². The zero-order valence-corrected chi connectivity index (χ0v) is 12.3. The van der Waals surface area contributed by atoms with Crippen LogP contribution in [0, 0.1) is 0 Å². The molecule has 0 spiro atoms. The summed E-state index contributed by atoms with van der Waals surface area (Å²) in [4.78, 5) is 12.4. The van der Waals surface area contributed by atoms with Gasteiger partial charge in [0.15, 0.2) is 0 Å². The van der Waals surface area contributed by atoms with E-state index in [4.69, 9.17) is 15.7 Å². The number of primary amides is 1. The number of carbonyl (C=O) groups excluding carboxylic acids is 1. The molecule has 1 rings (SSSR count). The predicted octanol–water partition coefficient (Wildman–Crippen LogP) is 1.88. The molecule has 1 amide bonds. The fourth-order valence-electron chi connectivity index (χ4n) is 1.36. The molecule has 5 nitrogen and oxygen atoms in total. The van der Waals surface area contributed by atoms with E-state index in [2.05, 4.69) is 0 Å². The van der Waals surface area contributed by atoms with Gasteiger partial charge in [-0.25, -0.2) is 0 Å². The van der Waals surface area contributed by atoms with Gasteiger partial charge in [-0.1, -0.05) is 30.0 Å². The van der Waals surface area contributed by atoms with Crippen molar-refractivity contribution in [1.82, 2.24) is 5.06 Å². The molecule has 0 fully saturated rings. The number of thioether (sulfide) groups is 1. The van der Waals surface area contributed by atoms with Gasteiger partial charge in [-0.15, -0.1) is 0 Å². The molecule has 0 aliphatic heterocycles. The number of amides is 1. The maximum atomic E-state index is 11.3. The zero-order chi connectivity index (χ0) is 14.8. The Morgan fingerprint density at radius 1 is 1.40 bits per heavy atom. The summed E-state index contributed by atoms with van der Waals surface area (Å²) in [7, 11) is 1.55. The number of hydroxylamine groups is 2. The van der Waals surface area contributed by atoms with Crippen LogP contribution < -0.4 is 5.73 Å². The third-order valence-electron chi connectivity index (χ3n) is 2.47. The van der Waals surface area contributed by atoms with E-state index in [0.717, 1.165) is 9.96 Å². The largest absolute Gasteiger partial charge is 0.380 e. The molecule has 110 valence electrons. The van der Waals surface area contributed by atoms with Crippen molar-refractivity contribution >= 4 is 17.7 Å². The zero-order valence-electron chi connectivity index (χ0n) is 11.5. The van der Waals surface area contributed by atoms with E-state index in [1.165, 1.54) is 11.8 Å². The molecule has 0 saturated carbocycles. The van der Waals surface area contributed by atoms with Gasteiger partial charge in [0.05, 0.1) is 13.2 Å². The number of hydrogen-bond acceptors (Lipinski definition) is 5. The van der Waals surface area contributed by atoms with Crippen molar-refractivity contribution in [2.24, 2.45) is 5.73 Å². The van der Waals surface area contributed by atoms with E-state index < -0.39 is 5.91 Å². The second kappa shape index (κ2) is 9.55. The number of hydrogen-bond donors (Lipinski definition) is 2. The highest BCUT2D eigenvalue weighted by Crippen LogP contribution is 2.21. The quantitative estimate of drug-likeness (QED) is 0.315. The first-order valence-electron chi connectivity index (χ1n) is 6.28. The van der Waals surface area contributed by atoms with Crippen molar-refractivity contribution in [3.8, 4) is 0 Å². The molecule has 1 aromatic carbocycles. The van der Waals surface area contributed by atoms with Crippen LogP contribution in [-0.2, 0) is 9.53 Å². The standard InChI is InChI=1S/C14H20N2O3S/c1-16(18)8-10-19-9-7-12(14(15)17)11-20-13-5-3-2-4-6-13/h2-6,11,18H,7-10H2,1H3,(H2,15,17). The van der Waals surface area contributed by atoms with Crippen molar-refractivity contribution in [3.63, 3.8) is 0 Å². The van der Waals surface area contributed by atoms with Crippen LogP contribution in [0.25, 0.3) is 0 Å². The number of nitrogens with two attached hydrogens (primary N) is 1. The van der Waals surface area contributed by atoms with E-state index in [0.29, 0.717) is 31.8 Å². The van der Waals surface area contributed by atoms with E-state index in [1.54, 1.807) is 12.5 Å². The van der Waals surface area contributed by atoms with Gasteiger partial charge >= 0.3 is 0 Å². The average molecular weight is 296 g/mol. The Morgan fingerprint density at radius 3 is 2.70 bits per heavy atom. The topological polar surface area (TPSA) is 75.8 Å². The van der Waals surface area contributed by atoms with Crippen LogP contribution in [0.4, 0.5) is 0 Å². The molecular formula is C14H20N2O3S. The summed E-state index contributed by atoms with van der Waals surface area (Å²) in [5, 5.41) is 11.7. The number of benzene rings is 1. The lowest BCUT2D eigenvalue weighted by Crippen LogP contribution is -2.20. The molecule has 6 heteroatoms.